The van der Waals surface area contributed by atoms with E-state index in [4.69, 9.17) is 9.47 Å². The third kappa shape index (κ3) is 5.26. The summed E-state index contributed by atoms with van der Waals surface area (Å²) in [4.78, 5) is 11.5. The molecule has 206 valence electrons. The van der Waals surface area contributed by atoms with E-state index < -0.39 is 23.0 Å². The lowest BCUT2D eigenvalue weighted by atomic mass is 9.75. The van der Waals surface area contributed by atoms with Gasteiger partial charge in [0.2, 0.25) is 0 Å². The molecule has 0 saturated heterocycles. The van der Waals surface area contributed by atoms with E-state index in [0.717, 1.165) is 48.8 Å². The van der Waals surface area contributed by atoms with E-state index in [1.165, 1.54) is 19.2 Å². The second-order valence-corrected chi connectivity index (χ2v) is 12.0. The second-order valence-electron chi connectivity index (χ2n) is 12.0. The molecule has 1 fully saturated rings. The van der Waals surface area contributed by atoms with Crippen molar-refractivity contribution in [3.8, 4) is 22.6 Å². The van der Waals surface area contributed by atoms with Gasteiger partial charge in [0.1, 0.15) is 29.7 Å². The van der Waals surface area contributed by atoms with Crippen LogP contribution in [0.25, 0.3) is 11.1 Å². The van der Waals surface area contributed by atoms with Crippen molar-refractivity contribution in [1.29, 1.82) is 0 Å². The first kappa shape index (κ1) is 27.2. The Morgan fingerprint density at radius 3 is 2.44 bits per heavy atom. The summed E-state index contributed by atoms with van der Waals surface area (Å²) in [6.07, 6.45) is 4.72. The molecule has 2 aliphatic carbocycles. The number of rotatable bonds is 8. The largest absolute Gasteiger partial charge is 0.497 e. The fraction of sp³-hybridized carbons (Fsp3) is 0.424. The number of ether oxygens (including phenoxy) is 2. The minimum atomic E-state index is -0.825. The van der Waals surface area contributed by atoms with Crippen molar-refractivity contribution in [2.75, 3.05) is 7.11 Å². The third-order valence-electron chi connectivity index (χ3n) is 8.93. The van der Waals surface area contributed by atoms with Crippen LogP contribution in [0.1, 0.15) is 81.0 Å². The number of methoxy groups -OCH3 is 1. The van der Waals surface area contributed by atoms with Crippen LogP contribution in [0.3, 0.4) is 0 Å². The molecule has 0 bridgehead atoms. The van der Waals surface area contributed by atoms with Gasteiger partial charge in [-0.25, -0.2) is 8.78 Å². The molecule has 1 saturated carbocycles. The zero-order valence-electron chi connectivity index (χ0n) is 23.1. The van der Waals surface area contributed by atoms with Gasteiger partial charge in [0.25, 0.3) is 0 Å². The molecule has 2 atom stereocenters. The average Bonchev–Trinajstić information content (AvgIpc) is 3.41. The highest BCUT2D eigenvalue weighted by molar-refractivity contribution is 5.71. The molecule has 0 radical (unpaired) electrons. The molecule has 1 N–H and O–H groups in total. The molecule has 3 aromatic rings. The van der Waals surface area contributed by atoms with Gasteiger partial charge in [-0.15, -0.1) is 0 Å². The van der Waals surface area contributed by atoms with Crippen LogP contribution in [0.5, 0.6) is 11.5 Å². The topological polar surface area (TPSA) is 55.8 Å². The lowest BCUT2D eigenvalue weighted by molar-refractivity contribution is -0.138. The van der Waals surface area contributed by atoms with Crippen LogP contribution < -0.4 is 9.47 Å². The first-order valence-corrected chi connectivity index (χ1v) is 13.6. The molecule has 0 aromatic heterocycles. The first-order valence-electron chi connectivity index (χ1n) is 13.6. The van der Waals surface area contributed by atoms with E-state index in [-0.39, 0.29) is 24.4 Å². The molecule has 0 heterocycles. The van der Waals surface area contributed by atoms with Crippen LogP contribution in [0, 0.1) is 17.0 Å². The highest BCUT2D eigenvalue weighted by atomic mass is 19.1. The predicted octanol–water partition coefficient (Wildman–Crippen LogP) is 8.19. The Morgan fingerprint density at radius 2 is 1.74 bits per heavy atom. The molecule has 0 aliphatic heterocycles. The molecule has 2 aliphatic rings. The van der Waals surface area contributed by atoms with E-state index in [0.29, 0.717) is 28.2 Å². The summed E-state index contributed by atoms with van der Waals surface area (Å²) >= 11 is 0. The van der Waals surface area contributed by atoms with Gasteiger partial charge < -0.3 is 14.6 Å². The average molecular weight is 535 g/mol. The van der Waals surface area contributed by atoms with E-state index in [2.05, 4.69) is 13.8 Å². The zero-order chi connectivity index (χ0) is 27.9. The summed E-state index contributed by atoms with van der Waals surface area (Å²) in [5.41, 5.74) is 3.88. The quantitative estimate of drug-likeness (QED) is 0.317. The number of aliphatic carboxylic acids is 1. The van der Waals surface area contributed by atoms with Gasteiger partial charge in [-0.1, -0.05) is 33.3 Å². The van der Waals surface area contributed by atoms with Gasteiger partial charge in [-0.3, -0.25) is 4.79 Å². The minimum Gasteiger partial charge on any atom is -0.497 e. The minimum absolute atomic E-state index is 0.00533. The molecule has 0 spiro atoms. The van der Waals surface area contributed by atoms with Crippen LogP contribution in [-0.2, 0) is 23.2 Å². The Hall–Kier alpha value is -3.41. The zero-order valence-corrected chi connectivity index (χ0v) is 23.1. The summed E-state index contributed by atoms with van der Waals surface area (Å²) in [7, 11) is 1.53. The summed E-state index contributed by atoms with van der Waals surface area (Å²) in [6.45, 7) is 6.42. The molecule has 0 unspecified atom stereocenters. The summed E-state index contributed by atoms with van der Waals surface area (Å²) in [5, 5.41) is 9.42. The maximum atomic E-state index is 15.6. The molecular weight excluding hydrogens is 498 g/mol. The highest BCUT2D eigenvalue weighted by Crippen LogP contribution is 2.52. The lowest BCUT2D eigenvalue weighted by Gasteiger charge is -2.30. The number of hydrogen-bond donors (Lipinski definition) is 1. The van der Waals surface area contributed by atoms with Crippen LogP contribution in [0.4, 0.5) is 8.78 Å². The summed E-state index contributed by atoms with van der Waals surface area (Å²) in [6, 6.07) is 13.6. The number of aryl methyl sites for hydroxylation is 1. The maximum Gasteiger partial charge on any atom is 0.304 e. The normalized spacial score (nSPS) is 21.5. The molecular formula is C33H36F2O4. The van der Waals surface area contributed by atoms with Crippen molar-refractivity contribution in [1.82, 2.24) is 0 Å². The van der Waals surface area contributed by atoms with Crippen molar-refractivity contribution < 1.29 is 28.2 Å². The van der Waals surface area contributed by atoms with Crippen LogP contribution in [-0.4, -0.2) is 18.2 Å². The summed E-state index contributed by atoms with van der Waals surface area (Å²) in [5.74, 6) is -0.454. The smallest absolute Gasteiger partial charge is 0.304 e. The standard InChI is InChI=1S/C33H36F2O4/c1-32(2)12-5-6-27(32)25-14-21(30(35)17-24(25)26-15-22(38-4)9-10-29(26)34)19-39-23-8-7-20-11-13-33(3,18-31(36)37)28(20)16-23/h7-10,14-17,27H,5-6,11-13,18-19H2,1-4H3,(H,36,37)/t27-,33-/m1/s1. The number of carboxylic acid groups (broad SMARTS) is 1. The van der Waals surface area contributed by atoms with Gasteiger partial charge in [-0.05, 0) is 102 Å². The Bertz CT molecular complexity index is 1410. The van der Waals surface area contributed by atoms with E-state index in [9.17, 15) is 9.90 Å². The second kappa shape index (κ2) is 10.3. The van der Waals surface area contributed by atoms with Gasteiger partial charge in [0.05, 0.1) is 13.5 Å². The summed E-state index contributed by atoms with van der Waals surface area (Å²) < 4.78 is 42.1. The maximum absolute atomic E-state index is 15.6. The van der Waals surface area contributed by atoms with Gasteiger partial charge in [-0.2, -0.15) is 0 Å². The Morgan fingerprint density at radius 1 is 0.974 bits per heavy atom. The molecule has 0 amide bonds. The van der Waals surface area contributed by atoms with Crippen molar-refractivity contribution in [3.63, 3.8) is 0 Å². The molecule has 5 rings (SSSR count). The fourth-order valence-corrected chi connectivity index (χ4v) is 6.66. The number of halogens is 2. The number of benzene rings is 3. The monoisotopic (exact) mass is 534 g/mol. The van der Waals surface area contributed by atoms with Crippen molar-refractivity contribution in [2.24, 2.45) is 5.41 Å². The Kier molecular flexibility index (Phi) is 7.17. The van der Waals surface area contributed by atoms with Gasteiger partial charge in [0, 0.05) is 16.5 Å². The predicted molar refractivity (Wildman–Crippen MR) is 147 cm³/mol. The number of fused-ring (bicyclic) bond motifs is 1. The van der Waals surface area contributed by atoms with Crippen molar-refractivity contribution in [2.45, 2.75) is 77.2 Å². The van der Waals surface area contributed by atoms with Crippen molar-refractivity contribution in [3.05, 3.63) is 82.4 Å². The number of carboxylic acids is 1. The third-order valence-corrected chi connectivity index (χ3v) is 8.93. The van der Waals surface area contributed by atoms with Crippen LogP contribution >= 0.6 is 0 Å². The van der Waals surface area contributed by atoms with Crippen LogP contribution in [0.2, 0.25) is 0 Å². The first-order chi connectivity index (χ1) is 18.5. The fourth-order valence-electron chi connectivity index (χ4n) is 6.66. The van der Waals surface area contributed by atoms with Crippen LogP contribution in [0.15, 0.2) is 48.5 Å². The van der Waals surface area contributed by atoms with Crippen molar-refractivity contribution >= 4 is 5.97 Å². The lowest BCUT2D eigenvalue weighted by Crippen LogP contribution is -2.22. The van der Waals surface area contributed by atoms with E-state index in [1.54, 1.807) is 12.1 Å². The Labute approximate surface area is 229 Å². The van der Waals surface area contributed by atoms with Gasteiger partial charge in [0.15, 0.2) is 0 Å². The number of carbonyl (C=O) groups is 1. The molecule has 3 aromatic carbocycles. The van der Waals surface area contributed by atoms with E-state index >= 15 is 8.78 Å². The number of hydrogen-bond acceptors (Lipinski definition) is 3. The van der Waals surface area contributed by atoms with Gasteiger partial charge >= 0.3 is 5.97 Å². The Balaban J connectivity index is 1.50. The molecule has 4 nitrogen and oxygen atoms in total. The molecule has 6 heteroatoms. The SMILES string of the molecule is COc1ccc(F)c(-c2cc(F)c(COc3ccc4c(c3)[C@@](C)(CC(=O)O)CC4)cc2[C@H]2CCCC2(C)C)c1. The van der Waals surface area contributed by atoms with E-state index in [1.807, 2.05) is 31.2 Å². The highest BCUT2D eigenvalue weighted by Gasteiger charge is 2.38. The molecule has 39 heavy (non-hydrogen) atoms.